The molecule has 1 amide bonds. The molecule has 0 aromatic carbocycles. The number of carboxylic acids is 1. The fourth-order valence-corrected chi connectivity index (χ4v) is 4.56. The molecule has 0 aromatic rings. The molecule has 120 valence electrons. The summed E-state index contributed by atoms with van der Waals surface area (Å²) in [6, 6.07) is 0. The van der Waals surface area contributed by atoms with Crippen LogP contribution in [0.25, 0.3) is 0 Å². The van der Waals surface area contributed by atoms with Crippen LogP contribution < -0.4 is 0 Å². The number of rotatable bonds is 3. The van der Waals surface area contributed by atoms with Gasteiger partial charge in [-0.1, -0.05) is 19.3 Å². The summed E-state index contributed by atoms with van der Waals surface area (Å²) in [5.41, 5.74) is -0.944. The van der Waals surface area contributed by atoms with E-state index in [0.717, 1.165) is 19.3 Å². The molecule has 21 heavy (non-hydrogen) atoms. The van der Waals surface area contributed by atoms with Crippen molar-refractivity contribution in [2.45, 2.75) is 44.9 Å². The van der Waals surface area contributed by atoms with Gasteiger partial charge < -0.3 is 10.0 Å². The summed E-state index contributed by atoms with van der Waals surface area (Å²) in [4.78, 5) is 25.5. The summed E-state index contributed by atoms with van der Waals surface area (Å²) in [6.45, 7) is 0.602. The molecule has 0 aromatic heterocycles. The summed E-state index contributed by atoms with van der Waals surface area (Å²) >= 11 is 0. The summed E-state index contributed by atoms with van der Waals surface area (Å²) < 4.78 is 23.1. The van der Waals surface area contributed by atoms with Crippen molar-refractivity contribution in [2.75, 3.05) is 24.6 Å². The number of amides is 1. The molecule has 0 atom stereocenters. The Morgan fingerprint density at radius 3 is 2.29 bits per heavy atom. The molecule has 0 radical (unpaired) electrons. The monoisotopic (exact) mass is 317 g/mol. The maximum atomic E-state index is 12.4. The smallest absolute Gasteiger partial charge is 0.310 e. The van der Waals surface area contributed by atoms with Gasteiger partial charge in [-0.2, -0.15) is 0 Å². The van der Waals surface area contributed by atoms with Crippen LogP contribution in [0.2, 0.25) is 0 Å². The number of carbonyl (C=O) groups excluding carboxylic acids is 1. The molecule has 7 heteroatoms. The van der Waals surface area contributed by atoms with Crippen LogP contribution in [0.1, 0.15) is 44.9 Å². The molecule has 0 bridgehead atoms. The highest BCUT2D eigenvalue weighted by molar-refractivity contribution is 7.91. The Morgan fingerprint density at radius 2 is 1.67 bits per heavy atom. The predicted molar refractivity (Wildman–Crippen MR) is 77.6 cm³/mol. The highest BCUT2D eigenvalue weighted by Crippen LogP contribution is 2.40. The van der Waals surface area contributed by atoms with Crippen LogP contribution in [0.15, 0.2) is 0 Å². The van der Waals surface area contributed by atoms with Gasteiger partial charge in [-0.05, 0) is 19.3 Å². The van der Waals surface area contributed by atoms with Gasteiger partial charge in [-0.25, -0.2) is 8.42 Å². The van der Waals surface area contributed by atoms with Crippen molar-refractivity contribution >= 4 is 21.7 Å². The maximum Gasteiger partial charge on any atom is 0.310 e. The SMILES string of the molecule is O=C(CC1(C(=O)O)CCCCC1)N1CCCS(=O)(=O)CC1. The van der Waals surface area contributed by atoms with E-state index in [1.807, 2.05) is 0 Å². The molecule has 1 saturated carbocycles. The van der Waals surface area contributed by atoms with Crippen molar-refractivity contribution in [1.82, 2.24) is 4.90 Å². The molecular formula is C14H23NO5S. The quantitative estimate of drug-likeness (QED) is 0.840. The lowest BCUT2D eigenvalue weighted by atomic mass is 9.71. The average Bonchev–Trinajstić information content (AvgIpc) is 2.60. The van der Waals surface area contributed by atoms with Gasteiger partial charge in [0.05, 0.1) is 16.9 Å². The Morgan fingerprint density at radius 1 is 1.00 bits per heavy atom. The molecule has 0 unspecified atom stereocenters. The van der Waals surface area contributed by atoms with E-state index in [2.05, 4.69) is 0 Å². The Hall–Kier alpha value is -1.11. The van der Waals surface area contributed by atoms with E-state index < -0.39 is 21.2 Å². The minimum absolute atomic E-state index is 0.00236. The van der Waals surface area contributed by atoms with E-state index in [1.165, 1.54) is 4.90 Å². The van der Waals surface area contributed by atoms with Gasteiger partial charge in [0.1, 0.15) is 0 Å². The fraction of sp³-hybridized carbons (Fsp3) is 0.857. The lowest BCUT2D eigenvalue weighted by Gasteiger charge is -2.34. The van der Waals surface area contributed by atoms with Crippen molar-refractivity contribution in [3.8, 4) is 0 Å². The zero-order valence-corrected chi connectivity index (χ0v) is 13.0. The first-order chi connectivity index (χ1) is 9.85. The second-order valence-corrected chi connectivity index (χ2v) is 8.51. The summed E-state index contributed by atoms with van der Waals surface area (Å²) in [6.07, 6.45) is 4.23. The normalized spacial score (nSPS) is 25.0. The average molecular weight is 317 g/mol. The van der Waals surface area contributed by atoms with E-state index >= 15 is 0 Å². The second kappa shape index (κ2) is 6.34. The molecule has 1 heterocycles. The number of aliphatic carboxylic acids is 1. The van der Waals surface area contributed by atoms with Gasteiger partial charge >= 0.3 is 5.97 Å². The van der Waals surface area contributed by atoms with E-state index in [1.54, 1.807) is 0 Å². The number of hydrogen-bond acceptors (Lipinski definition) is 4. The number of sulfone groups is 1. The van der Waals surface area contributed by atoms with Gasteiger partial charge in [0.2, 0.25) is 5.91 Å². The van der Waals surface area contributed by atoms with E-state index in [9.17, 15) is 23.1 Å². The second-order valence-electron chi connectivity index (χ2n) is 6.21. The molecule has 1 aliphatic heterocycles. The fourth-order valence-electron chi connectivity index (χ4n) is 3.28. The van der Waals surface area contributed by atoms with Crippen LogP contribution in [0.4, 0.5) is 0 Å². The van der Waals surface area contributed by atoms with Gasteiger partial charge in [-0.15, -0.1) is 0 Å². The third-order valence-corrected chi connectivity index (χ3v) is 6.38. The van der Waals surface area contributed by atoms with Crippen molar-refractivity contribution in [3.05, 3.63) is 0 Å². The largest absolute Gasteiger partial charge is 0.481 e. The third kappa shape index (κ3) is 3.96. The molecule has 2 fully saturated rings. The van der Waals surface area contributed by atoms with Gasteiger partial charge in [0.15, 0.2) is 9.84 Å². The first kappa shape index (κ1) is 16.3. The first-order valence-corrected chi connectivity index (χ1v) is 9.38. The maximum absolute atomic E-state index is 12.4. The molecule has 1 saturated heterocycles. The highest BCUT2D eigenvalue weighted by atomic mass is 32.2. The predicted octanol–water partition coefficient (Wildman–Crippen LogP) is 1.06. The Labute approximate surface area is 125 Å². The molecule has 6 nitrogen and oxygen atoms in total. The van der Waals surface area contributed by atoms with Crippen molar-refractivity contribution in [2.24, 2.45) is 5.41 Å². The van der Waals surface area contributed by atoms with Crippen molar-refractivity contribution < 1.29 is 23.1 Å². The standard InChI is InChI=1S/C14H23NO5S/c16-12(15-7-4-9-21(19,20)10-8-15)11-14(13(17)18)5-2-1-3-6-14/h1-11H2,(H,17,18). The van der Waals surface area contributed by atoms with Gasteiger partial charge in [-0.3, -0.25) is 9.59 Å². The molecule has 1 aliphatic carbocycles. The van der Waals surface area contributed by atoms with Gasteiger partial charge in [0.25, 0.3) is 0 Å². The van der Waals surface area contributed by atoms with E-state index in [0.29, 0.717) is 25.8 Å². The lowest BCUT2D eigenvalue weighted by Crippen LogP contribution is -2.42. The van der Waals surface area contributed by atoms with Crippen LogP contribution in [0, 0.1) is 5.41 Å². The minimum atomic E-state index is -3.06. The Kier molecular flexibility index (Phi) is 4.91. The van der Waals surface area contributed by atoms with Crippen LogP contribution in [0.5, 0.6) is 0 Å². The molecule has 1 N–H and O–H groups in total. The summed E-state index contributed by atoms with van der Waals surface area (Å²) in [5.74, 6) is -1.01. The van der Waals surface area contributed by atoms with Crippen LogP contribution in [0.3, 0.4) is 0 Å². The van der Waals surface area contributed by atoms with Crippen LogP contribution >= 0.6 is 0 Å². The zero-order valence-electron chi connectivity index (χ0n) is 12.2. The van der Waals surface area contributed by atoms with Gasteiger partial charge in [0, 0.05) is 19.5 Å². The first-order valence-electron chi connectivity index (χ1n) is 7.56. The van der Waals surface area contributed by atoms with Crippen molar-refractivity contribution in [1.29, 1.82) is 0 Å². The van der Waals surface area contributed by atoms with Crippen molar-refractivity contribution in [3.63, 3.8) is 0 Å². The molecule has 2 aliphatic rings. The number of hydrogen-bond donors (Lipinski definition) is 1. The summed E-state index contributed by atoms with van der Waals surface area (Å²) in [7, 11) is -3.06. The number of carbonyl (C=O) groups is 2. The van der Waals surface area contributed by atoms with Crippen LogP contribution in [-0.2, 0) is 19.4 Å². The van der Waals surface area contributed by atoms with E-state index in [-0.39, 0.29) is 30.4 Å². The number of nitrogens with zero attached hydrogens (tertiary/aromatic N) is 1. The lowest BCUT2D eigenvalue weighted by molar-refractivity contribution is -0.156. The molecule has 0 spiro atoms. The highest BCUT2D eigenvalue weighted by Gasteiger charge is 2.42. The third-order valence-electron chi connectivity index (χ3n) is 4.66. The minimum Gasteiger partial charge on any atom is -0.481 e. The zero-order chi connectivity index (χ0) is 15.5. The molecular weight excluding hydrogens is 294 g/mol. The Balaban J connectivity index is 2.03. The summed E-state index contributed by atoms with van der Waals surface area (Å²) in [5, 5.41) is 9.51. The topological polar surface area (TPSA) is 91.8 Å². The number of carboxylic acid groups (broad SMARTS) is 1. The van der Waals surface area contributed by atoms with Crippen LogP contribution in [-0.4, -0.2) is 54.9 Å². The molecule has 2 rings (SSSR count). The Bertz CT molecular complexity index is 507. The van der Waals surface area contributed by atoms with E-state index in [4.69, 9.17) is 0 Å².